The number of para-hydroxylation sites is 2. The highest BCUT2D eigenvalue weighted by molar-refractivity contribution is 6.27. The first kappa shape index (κ1) is 31.5. The van der Waals surface area contributed by atoms with Crippen molar-refractivity contribution in [3.8, 4) is 51.0 Å². The lowest BCUT2D eigenvalue weighted by Crippen LogP contribution is -2.01. The predicted molar refractivity (Wildman–Crippen MR) is 230 cm³/mol. The second-order valence-electron chi connectivity index (χ2n) is 14.4. The van der Waals surface area contributed by atoms with Gasteiger partial charge in [-0.05, 0) is 65.7 Å². The second kappa shape index (κ2) is 12.3. The van der Waals surface area contributed by atoms with Crippen molar-refractivity contribution < 1.29 is 8.83 Å². The van der Waals surface area contributed by atoms with E-state index in [1.807, 2.05) is 66.7 Å². The van der Waals surface area contributed by atoms with E-state index >= 15 is 0 Å². The molecule has 0 aliphatic heterocycles. The van der Waals surface area contributed by atoms with Crippen molar-refractivity contribution in [3.05, 3.63) is 182 Å². The van der Waals surface area contributed by atoms with Crippen LogP contribution in [-0.4, -0.2) is 19.5 Å². The molecule has 0 bridgehead atoms. The largest absolute Gasteiger partial charge is 0.456 e. The number of fused-ring (bicyclic) bond motifs is 10. The summed E-state index contributed by atoms with van der Waals surface area (Å²) < 4.78 is 15.1. The van der Waals surface area contributed by atoms with E-state index in [-0.39, 0.29) is 0 Å². The van der Waals surface area contributed by atoms with Crippen molar-refractivity contribution in [3.63, 3.8) is 0 Å². The molecule has 0 spiro atoms. The Kier molecular flexibility index (Phi) is 6.83. The van der Waals surface area contributed by atoms with E-state index in [0.717, 1.165) is 88.4 Å². The van der Waals surface area contributed by atoms with Gasteiger partial charge >= 0.3 is 0 Å². The van der Waals surface area contributed by atoms with E-state index in [1.165, 1.54) is 10.8 Å². The van der Waals surface area contributed by atoms with Crippen LogP contribution in [0.3, 0.4) is 0 Å². The summed E-state index contributed by atoms with van der Waals surface area (Å²) in [6.07, 6.45) is 0. The Morgan fingerprint density at radius 1 is 0.333 bits per heavy atom. The Morgan fingerprint density at radius 2 is 0.930 bits per heavy atom. The molecule has 8 aromatic carbocycles. The molecule has 0 atom stereocenters. The molecule has 4 aromatic heterocycles. The van der Waals surface area contributed by atoms with E-state index in [0.29, 0.717) is 17.5 Å². The van der Waals surface area contributed by atoms with Crippen LogP contribution in [0.5, 0.6) is 0 Å². The fourth-order valence-electron chi connectivity index (χ4n) is 8.51. The number of hydrogen-bond donors (Lipinski definition) is 0. The van der Waals surface area contributed by atoms with E-state index < -0.39 is 0 Å². The SMILES string of the molecule is c1ccc(-c2nc(-c3cccc(-n4c5ccccc5c5c6c(ccc54)oc4ccccc46)c3)nc(-c3ccc4c(c3)oc3cccc(-c5ccccc5)c34)n2)cc1. The minimum absolute atomic E-state index is 0.570. The second-order valence-corrected chi connectivity index (χ2v) is 14.4. The maximum atomic E-state index is 6.50. The van der Waals surface area contributed by atoms with Gasteiger partial charge in [0.25, 0.3) is 0 Å². The van der Waals surface area contributed by atoms with Crippen LogP contribution in [0.25, 0.3) is 117 Å². The zero-order valence-electron chi connectivity index (χ0n) is 30.4. The van der Waals surface area contributed by atoms with Gasteiger partial charge in [0, 0.05) is 54.7 Å². The molecular weight excluding hydrogens is 701 g/mol. The van der Waals surface area contributed by atoms with Gasteiger partial charge < -0.3 is 13.4 Å². The lowest BCUT2D eigenvalue weighted by atomic mass is 9.99. The number of hydrogen-bond acceptors (Lipinski definition) is 5. The van der Waals surface area contributed by atoms with Crippen molar-refractivity contribution in [1.29, 1.82) is 0 Å². The Labute approximate surface area is 325 Å². The van der Waals surface area contributed by atoms with Gasteiger partial charge in [0.15, 0.2) is 17.5 Å². The summed E-state index contributed by atoms with van der Waals surface area (Å²) in [5, 5.41) is 6.71. The van der Waals surface area contributed by atoms with E-state index in [9.17, 15) is 0 Å². The third-order valence-electron chi connectivity index (χ3n) is 11.0. The maximum absolute atomic E-state index is 6.50. The standard InChI is InChI=1S/C51H30N4O2/c1-3-13-31(14-4-1)36-21-12-24-43-46(36)39-26-25-34(30-45(39)57-43)51-53-49(32-15-5-2-6-16-32)52-50(54-51)33-17-11-18-35(29-33)55-40-22-9-7-19-37(40)47-41(55)27-28-44-48(47)38-20-8-10-23-42(38)56-44/h1-30H. The molecule has 0 aliphatic rings. The molecule has 6 heteroatoms. The Morgan fingerprint density at radius 3 is 1.75 bits per heavy atom. The Bertz CT molecular complexity index is 3530. The Balaban J connectivity index is 1.04. The average Bonchev–Trinajstić information content (AvgIpc) is 3.96. The highest BCUT2D eigenvalue weighted by Crippen LogP contribution is 2.42. The molecule has 0 N–H and O–H groups in total. The molecule has 0 amide bonds. The first-order valence-corrected chi connectivity index (χ1v) is 19.0. The van der Waals surface area contributed by atoms with Crippen molar-refractivity contribution in [2.75, 3.05) is 0 Å². The molecule has 12 aromatic rings. The molecule has 4 heterocycles. The van der Waals surface area contributed by atoms with Crippen LogP contribution in [-0.2, 0) is 0 Å². The van der Waals surface area contributed by atoms with E-state index in [1.54, 1.807) is 0 Å². The normalized spacial score (nSPS) is 11.9. The number of aromatic nitrogens is 4. The molecular formula is C51H30N4O2. The van der Waals surface area contributed by atoms with Gasteiger partial charge in [0.2, 0.25) is 0 Å². The number of furan rings is 2. The van der Waals surface area contributed by atoms with Gasteiger partial charge in [-0.1, -0.05) is 127 Å². The summed E-state index contributed by atoms with van der Waals surface area (Å²) in [5.41, 5.74) is 11.5. The first-order valence-electron chi connectivity index (χ1n) is 19.0. The minimum atomic E-state index is 0.570. The third kappa shape index (κ3) is 4.94. The van der Waals surface area contributed by atoms with Gasteiger partial charge in [-0.2, -0.15) is 0 Å². The highest BCUT2D eigenvalue weighted by atomic mass is 16.3. The molecule has 0 saturated carbocycles. The van der Waals surface area contributed by atoms with Gasteiger partial charge in [0.05, 0.1) is 11.0 Å². The van der Waals surface area contributed by atoms with Crippen LogP contribution in [0.1, 0.15) is 0 Å². The monoisotopic (exact) mass is 730 g/mol. The number of nitrogens with zero attached hydrogens (tertiary/aromatic N) is 4. The fourth-order valence-corrected chi connectivity index (χ4v) is 8.51. The molecule has 57 heavy (non-hydrogen) atoms. The first-order chi connectivity index (χ1) is 28.2. The smallest absolute Gasteiger partial charge is 0.164 e. The van der Waals surface area contributed by atoms with Crippen LogP contribution >= 0.6 is 0 Å². The predicted octanol–water partition coefficient (Wildman–Crippen LogP) is 13.4. The summed E-state index contributed by atoms with van der Waals surface area (Å²) in [6, 6.07) is 62.6. The van der Waals surface area contributed by atoms with Crippen LogP contribution in [0.15, 0.2) is 191 Å². The third-order valence-corrected chi connectivity index (χ3v) is 11.0. The maximum Gasteiger partial charge on any atom is 0.164 e. The van der Waals surface area contributed by atoms with Gasteiger partial charge in [0.1, 0.15) is 22.3 Å². The van der Waals surface area contributed by atoms with Crippen molar-refractivity contribution in [2.24, 2.45) is 0 Å². The quantitative estimate of drug-likeness (QED) is 0.176. The summed E-state index contributed by atoms with van der Waals surface area (Å²) in [6.45, 7) is 0. The highest BCUT2D eigenvalue weighted by Gasteiger charge is 2.20. The van der Waals surface area contributed by atoms with Crippen LogP contribution < -0.4 is 0 Å². The Hall–Kier alpha value is -7.83. The lowest BCUT2D eigenvalue weighted by molar-refractivity contribution is 0.668. The number of benzene rings is 8. The molecule has 0 saturated heterocycles. The average molecular weight is 731 g/mol. The van der Waals surface area contributed by atoms with E-state index in [2.05, 4.69) is 120 Å². The van der Waals surface area contributed by atoms with Crippen LogP contribution in [0.2, 0.25) is 0 Å². The van der Waals surface area contributed by atoms with Crippen molar-refractivity contribution in [1.82, 2.24) is 19.5 Å². The summed E-state index contributed by atoms with van der Waals surface area (Å²) in [5.74, 6) is 1.75. The fraction of sp³-hybridized carbons (Fsp3) is 0. The van der Waals surface area contributed by atoms with E-state index in [4.69, 9.17) is 23.8 Å². The molecule has 0 fully saturated rings. The zero-order chi connectivity index (χ0) is 37.5. The molecule has 0 radical (unpaired) electrons. The van der Waals surface area contributed by atoms with Gasteiger partial charge in [-0.15, -0.1) is 0 Å². The summed E-state index contributed by atoms with van der Waals surface area (Å²) >= 11 is 0. The van der Waals surface area contributed by atoms with Gasteiger partial charge in [-0.3, -0.25) is 0 Å². The summed E-state index contributed by atoms with van der Waals surface area (Å²) in [7, 11) is 0. The van der Waals surface area contributed by atoms with Crippen molar-refractivity contribution in [2.45, 2.75) is 0 Å². The van der Waals surface area contributed by atoms with Gasteiger partial charge in [-0.25, -0.2) is 15.0 Å². The molecule has 6 nitrogen and oxygen atoms in total. The number of rotatable bonds is 5. The topological polar surface area (TPSA) is 69.9 Å². The van der Waals surface area contributed by atoms with Crippen LogP contribution in [0.4, 0.5) is 0 Å². The molecule has 12 rings (SSSR count). The zero-order valence-corrected chi connectivity index (χ0v) is 30.4. The summed E-state index contributed by atoms with van der Waals surface area (Å²) in [4.78, 5) is 15.3. The minimum Gasteiger partial charge on any atom is -0.456 e. The molecule has 0 aliphatic carbocycles. The van der Waals surface area contributed by atoms with Crippen LogP contribution in [0, 0.1) is 0 Å². The molecule has 0 unspecified atom stereocenters. The van der Waals surface area contributed by atoms with Crippen molar-refractivity contribution >= 4 is 65.7 Å². The molecule has 266 valence electrons. The lowest BCUT2D eigenvalue weighted by Gasteiger charge is -2.11.